The molecule has 0 aromatic carbocycles. The number of rotatable bonds is 2. The predicted molar refractivity (Wildman–Crippen MR) is 51.5 cm³/mol. The van der Waals surface area contributed by atoms with Crippen molar-refractivity contribution >= 4 is 6.29 Å². The fraction of sp³-hybridized carbons (Fsp3) is 0.100. The van der Waals surface area contributed by atoms with Crippen LogP contribution in [0.5, 0.6) is 0 Å². The molecule has 0 aliphatic heterocycles. The van der Waals surface area contributed by atoms with Gasteiger partial charge in [0.1, 0.15) is 11.6 Å². The average Bonchev–Trinajstić information content (AvgIpc) is 2.65. The van der Waals surface area contributed by atoms with E-state index in [9.17, 15) is 4.79 Å². The van der Waals surface area contributed by atoms with Gasteiger partial charge in [0, 0.05) is 24.2 Å². The molecule has 0 fully saturated rings. The Kier molecular flexibility index (Phi) is 2.10. The third kappa shape index (κ3) is 1.42. The van der Waals surface area contributed by atoms with Crippen molar-refractivity contribution in [3.63, 3.8) is 0 Å². The molecule has 0 atom stereocenters. The second kappa shape index (κ2) is 3.41. The van der Waals surface area contributed by atoms with E-state index in [1.54, 1.807) is 24.5 Å². The number of aldehydes is 1. The molecule has 0 N–H and O–H groups in total. The SMILES string of the molecule is Cc1nccn1-c1ccc(C=O)cn1. The third-order valence-electron chi connectivity index (χ3n) is 1.98. The molecule has 0 bridgehead atoms. The van der Waals surface area contributed by atoms with Crippen LogP contribution in [-0.2, 0) is 0 Å². The van der Waals surface area contributed by atoms with Crippen LogP contribution in [-0.4, -0.2) is 20.8 Å². The molecule has 0 aliphatic carbocycles. The van der Waals surface area contributed by atoms with Crippen molar-refractivity contribution in [2.45, 2.75) is 6.92 Å². The standard InChI is InChI=1S/C10H9N3O/c1-8-11-4-5-13(8)10-3-2-9(7-14)6-12-10/h2-7H,1H3. The van der Waals surface area contributed by atoms with E-state index in [0.717, 1.165) is 17.9 Å². The summed E-state index contributed by atoms with van der Waals surface area (Å²) in [4.78, 5) is 18.6. The van der Waals surface area contributed by atoms with Crippen molar-refractivity contribution < 1.29 is 4.79 Å². The molecular weight excluding hydrogens is 178 g/mol. The maximum Gasteiger partial charge on any atom is 0.151 e. The second-order valence-corrected chi connectivity index (χ2v) is 2.91. The predicted octanol–water partition coefficient (Wildman–Crippen LogP) is 1.39. The van der Waals surface area contributed by atoms with Gasteiger partial charge in [-0.1, -0.05) is 0 Å². The van der Waals surface area contributed by atoms with E-state index in [1.807, 2.05) is 17.7 Å². The third-order valence-corrected chi connectivity index (χ3v) is 1.98. The van der Waals surface area contributed by atoms with Gasteiger partial charge in [0.25, 0.3) is 0 Å². The smallest absolute Gasteiger partial charge is 0.151 e. The van der Waals surface area contributed by atoms with Crippen LogP contribution in [0, 0.1) is 6.92 Å². The molecule has 0 unspecified atom stereocenters. The Labute approximate surface area is 81.2 Å². The summed E-state index contributed by atoms with van der Waals surface area (Å²) in [6.07, 6.45) is 5.86. The number of hydrogen-bond donors (Lipinski definition) is 0. The van der Waals surface area contributed by atoms with E-state index < -0.39 is 0 Å². The first-order valence-electron chi connectivity index (χ1n) is 4.23. The summed E-state index contributed by atoms with van der Waals surface area (Å²) in [5.41, 5.74) is 0.575. The molecule has 2 aromatic heterocycles. The number of nitrogens with zero attached hydrogens (tertiary/aromatic N) is 3. The molecule has 4 nitrogen and oxygen atoms in total. The zero-order chi connectivity index (χ0) is 9.97. The summed E-state index contributed by atoms with van der Waals surface area (Å²) in [6.45, 7) is 1.90. The highest BCUT2D eigenvalue weighted by Gasteiger charge is 2.00. The first-order valence-corrected chi connectivity index (χ1v) is 4.23. The Morgan fingerprint density at radius 2 is 2.21 bits per heavy atom. The summed E-state index contributed by atoms with van der Waals surface area (Å²) in [7, 11) is 0. The van der Waals surface area contributed by atoms with Crippen LogP contribution in [0.1, 0.15) is 16.2 Å². The van der Waals surface area contributed by atoms with Crippen LogP contribution in [0.25, 0.3) is 5.82 Å². The molecule has 14 heavy (non-hydrogen) atoms. The molecule has 2 aromatic rings. The van der Waals surface area contributed by atoms with Gasteiger partial charge in [0.05, 0.1) is 0 Å². The molecule has 70 valence electrons. The van der Waals surface area contributed by atoms with Crippen LogP contribution in [0.15, 0.2) is 30.7 Å². The first kappa shape index (κ1) is 8.62. The van der Waals surface area contributed by atoms with E-state index in [2.05, 4.69) is 9.97 Å². The topological polar surface area (TPSA) is 47.8 Å². The minimum Gasteiger partial charge on any atom is -0.298 e. The monoisotopic (exact) mass is 187 g/mol. The quantitative estimate of drug-likeness (QED) is 0.667. The summed E-state index contributed by atoms with van der Waals surface area (Å²) < 4.78 is 1.86. The fourth-order valence-corrected chi connectivity index (χ4v) is 1.23. The Hall–Kier alpha value is -1.97. The highest BCUT2D eigenvalue weighted by molar-refractivity contribution is 5.74. The Morgan fingerprint density at radius 3 is 2.71 bits per heavy atom. The molecule has 0 saturated carbocycles. The van der Waals surface area contributed by atoms with Crippen molar-refractivity contribution in [2.75, 3.05) is 0 Å². The van der Waals surface area contributed by atoms with Crippen molar-refractivity contribution in [2.24, 2.45) is 0 Å². The maximum atomic E-state index is 10.4. The maximum absolute atomic E-state index is 10.4. The highest BCUT2D eigenvalue weighted by Crippen LogP contribution is 2.06. The van der Waals surface area contributed by atoms with E-state index in [1.165, 1.54) is 0 Å². The van der Waals surface area contributed by atoms with E-state index in [0.29, 0.717) is 5.56 Å². The molecule has 0 radical (unpaired) electrons. The van der Waals surface area contributed by atoms with Gasteiger partial charge in [-0.2, -0.15) is 0 Å². The number of imidazole rings is 1. The number of aryl methyl sites for hydroxylation is 1. The minimum atomic E-state index is 0.575. The lowest BCUT2D eigenvalue weighted by molar-refractivity contribution is 0.112. The summed E-state index contributed by atoms with van der Waals surface area (Å²) in [5.74, 6) is 1.64. The number of aromatic nitrogens is 3. The Balaban J connectivity index is 2.43. The van der Waals surface area contributed by atoms with Gasteiger partial charge < -0.3 is 0 Å². The zero-order valence-electron chi connectivity index (χ0n) is 7.71. The molecule has 4 heteroatoms. The Morgan fingerprint density at radius 1 is 1.36 bits per heavy atom. The highest BCUT2D eigenvalue weighted by atomic mass is 16.1. The van der Waals surface area contributed by atoms with Crippen LogP contribution in [0.2, 0.25) is 0 Å². The molecule has 0 amide bonds. The largest absolute Gasteiger partial charge is 0.298 e. The molecule has 0 aliphatic rings. The van der Waals surface area contributed by atoms with Gasteiger partial charge in [-0.3, -0.25) is 9.36 Å². The number of hydrogen-bond acceptors (Lipinski definition) is 3. The number of carbonyl (C=O) groups excluding carboxylic acids is 1. The number of pyridine rings is 1. The fourth-order valence-electron chi connectivity index (χ4n) is 1.23. The van der Waals surface area contributed by atoms with E-state index in [-0.39, 0.29) is 0 Å². The summed E-state index contributed by atoms with van der Waals surface area (Å²) >= 11 is 0. The van der Waals surface area contributed by atoms with Crippen LogP contribution in [0.3, 0.4) is 0 Å². The molecular formula is C10H9N3O. The van der Waals surface area contributed by atoms with Gasteiger partial charge in [-0.25, -0.2) is 9.97 Å². The first-order chi connectivity index (χ1) is 6.81. The van der Waals surface area contributed by atoms with Crippen molar-refractivity contribution in [3.8, 4) is 5.82 Å². The van der Waals surface area contributed by atoms with Crippen LogP contribution >= 0.6 is 0 Å². The summed E-state index contributed by atoms with van der Waals surface area (Å²) in [6, 6.07) is 3.52. The molecule has 2 rings (SSSR count). The molecule has 2 heterocycles. The normalized spacial score (nSPS) is 10.1. The molecule has 0 spiro atoms. The Bertz CT molecular complexity index is 445. The lowest BCUT2D eigenvalue weighted by Gasteiger charge is -2.02. The zero-order valence-corrected chi connectivity index (χ0v) is 7.71. The molecule has 0 saturated heterocycles. The average molecular weight is 187 g/mol. The minimum absolute atomic E-state index is 0.575. The van der Waals surface area contributed by atoms with Gasteiger partial charge >= 0.3 is 0 Å². The summed E-state index contributed by atoms with van der Waals surface area (Å²) in [5, 5.41) is 0. The van der Waals surface area contributed by atoms with Gasteiger partial charge in [-0.05, 0) is 19.1 Å². The van der Waals surface area contributed by atoms with Gasteiger partial charge in [0.15, 0.2) is 6.29 Å². The lowest BCUT2D eigenvalue weighted by Crippen LogP contribution is -1.98. The lowest BCUT2D eigenvalue weighted by atomic mass is 10.3. The van der Waals surface area contributed by atoms with E-state index in [4.69, 9.17) is 0 Å². The van der Waals surface area contributed by atoms with Crippen molar-refractivity contribution in [3.05, 3.63) is 42.1 Å². The second-order valence-electron chi connectivity index (χ2n) is 2.91. The van der Waals surface area contributed by atoms with Crippen LogP contribution in [0.4, 0.5) is 0 Å². The van der Waals surface area contributed by atoms with E-state index >= 15 is 0 Å². The van der Waals surface area contributed by atoms with Gasteiger partial charge in [-0.15, -0.1) is 0 Å². The van der Waals surface area contributed by atoms with Crippen molar-refractivity contribution in [1.82, 2.24) is 14.5 Å². The van der Waals surface area contributed by atoms with Crippen molar-refractivity contribution in [1.29, 1.82) is 0 Å². The van der Waals surface area contributed by atoms with Gasteiger partial charge in [0.2, 0.25) is 0 Å². The van der Waals surface area contributed by atoms with Crippen LogP contribution < -0.4 is 0 Å². The number of carbonyl (C=O) groups is 1.